The third kappa shape index (κ3) is 3.94. The Hall–Kier alpha value is -1.21. The van der Waals surface area contributed by atoms with E-state index in [1.165, 1.54) is 0 Å². The standard InChI is InChI=1S/C10H13BrFN3O2/c1-10(2,13)5-14-8-4-7(12)6(11)3-9(8)15(16)17/h3-4,14H,5,13H2,1-2H3. The van der Waals surface area contributed by atoms with Gasteiger partial charge in [0.15, 0.2) is 0 Å². The van der Waals surface area contributed by atoms with Gasteiger partial charge in [0, 0.05) is 24.2 Å². The average Bonchev–Trinajstić information content (AvgIpc) is 2.17. The Labute approximate surface area is 106 Å². The van der Waals surface area contributed by atoms with Gasteiger partial charge in [-0.05, 0) is 29.8 Å². The fraction of sp³-hybridized carbons (Fsp3) is 0.400. The topological polar surface area (TPSA) is 81.2 Å². The second-order valence-corrected chi connectivity index (χ2v) is 5.24. The maximum Gasteiger partial charge on any atom is 0.293 e. The highest BCUT2D eigenvalue weighted by Crippen LogP contribution is 2.30. The second kappa shape index (κ2) is 4.97. The maximum atomic E-state index is 13.3. The van der Waals surface area contributed by atoms with Gasteiger partial charge < -0.3 is 11.1 Å². The van der Waals surface area contributed by atoms with E-state index in [0.717, 1.165) is 12.1 Å². The van der Waals surface area contributed by atoms with Crippen molar-refractivity contribution in [2.24, 2.45) is 5.73 Å². The third-order valence-electron chi connectivity index (χ3n) is 1.97. The van der Waals surface area contributed by atoms with Gasteiger partial charge in [-0.25, -0.2) is 4.39 Å². The van der Waals surface area contributed by atoms with Crippen LogP contribution in [0.1, 0.15) is 13.8 Å². The Morgan fingerprint density at radius 3 is 2.65 bits per heavy atom. The first-order valence-electron chi connectivity index (χ1n) is 4.87. The lowest BCUT2D eigenvalue weighted by molar-refractivity contribution is -0.384. The highest BCUT2D eigenvalue weighted by Gasteiger charge is 2.19. The van der Waals surface area contributed by atoms with Crippen LogP contribution in [0.5, 0.6) is 0 Å². The molecule has 0 aliphatic rings. The zero-order valence-electron chi connectivity index (χ0n) is 9.46. The number of halogens is 2. The molecule has 0 bridgehead atoms. The summed E-state index contributed by atoms with van der Waals surface area (Å²) in [6.45, 7) is 3.83. The number of nitrogens with one attached hydrogen (secondary N) is 1. The summed E-state index contributed by atoms with van der Waals surface area (Å²) in [6.07, 6.45) is 0. The normalized spacial score (nSPS) is 11.4. The molecule has 0 aliphatic carbocycles. The zero-order chi connectivity index (χ0) is 13.2. The number of nitrogens with two attached hydrogens (primary N) is 1. The van der Waals surface area contributed by atoms with E-state index in [1.807, 2.05) is 0 Å². The van der Waals surface area contributed by atoms with Crippen molar-refractivity contribution in [1.82, 2.24) is 0 Å². The van der Waals surface area contributed by atoms with Crippen molar-refractivity contribution in [2.45, 2.75) is 19.4 Å². The molecule has 1 aromatic carbocycles. The summed E-state index contributed by atoms with van der Waals surface area (Å²) in [7, 11) is 0. The molecule has 7 heteroatoms. The van der Waals surface area contributed by atoms with E-state index in [2.05, 4.69) is 21.2 Å². The van der Waals surface area contributed by atoms with Crippen LogP contribution in [0.15, 0.2) is 16.6 Å². The predicted molar refractivity (Wildman–Crippen MR) is 67.5 cm³/mol. The molecular weight excluding hydrogens is 293 g/mol. The van der Waals surface area contributed by atoms with Crippen LogP contribution in [0.4, 0.5) is 15.8 Å². The van der Waals surface area contributed by atoms with Crippen molar-refractivity contribution in [1.29, 1.82) is 0 Å². The van der Waals surface area contributed by atoms with Crippen LogP contribution in [0.25, 0.3) is 0 Å². The van der Waals surface area contributed by atoms with Crippen LogP contribution in [0.3, 0.4) is 0 Å². The molecule has 0 aliphatic heterocycles. The summed E-state index contributed by atoms with van der Waals surface area (Å²) in [5.41, 5.74) is 5.13. The first-order valence-corrected chi connectivity index (χ1v) is 5.66. The van der Waals surface area contributed by atoms with Crippen molar-refractivity contribution in [3.63, 3.8) is 0 Å². The Morgan fingerprint density at radius 1 is 1.59 bits per heavy atom. The number of nitro groups is 1. The van der Waals surface area contributed by atoms with Gasteiger partial charge >= 0.3 is 0 Å². The van der Waals surface area contributed by atoms with Crippen LogP contribution in [-0.4, -0.2) is 17.0 Å². The molecule has 0 saturated carbocycles. The Balaban J connectivity index is 3.05. The molecule has 3 N–H and O–H groups in total. The predicted octanol–water partition coefficient (Wildman–Crippen LogP) is 2.65. The first-order chi connectivity index (χ1) is 7.70. The highest BCUT2D eigenvalue weighted by molar-refractivity contribution is 9.10. The lowest BCUT2D eigenvalue weighted by Gasteiger charge is -2.19. The number of rotatable bonds is 4. The van der Waals surface area contributed by atoms with Crippen molar-refractivity contribution >= 4 is 27.3 Å². The van der Waals surface area contributed by atoms with Crippen molar-refractivity contribution in [3.05, 3.63) is 32.5 Å². The smallest absolute Gasteiger partial charge is 0.293 e. The van der Waals surface area contributed by atoms with Crippen molar-refractivity contribution in [2.75, 3.05) is 11.9 Å². The van der Waals surface area contributed by atoms with Crippen LogP contribution in [0.2, 0.25) is 0 Å². The van der Waals surface area contributed by atoms with Gasteiger partial charge in [0.05, 0.1) is 9.40 Å². The number of hydrogen-bond donors (Lipinski definition) is 2. The quantitative estimate of drug-likeness (QED) is 0.662. The average molecular weight is 306 g/mol. The van der Waals surface area contributed by atoms with E-state index < -0.39 is 16.3 Å². The van der Waals surface area contributed by atoms with E-state index in [4.69, 9.17) is 5.73 Å². The number of nitro benzene ring substituents is 1. The summed E-state index contributed by atoms with van der Waals surface area (Å²) >= 11 is 2.91. The number of benzene rings is 1. The van der Waals surface area contributed by atoms with E-state index in [-0.39, 0.29) is 15.8 Å². The minimum absolute atomic E-state index is 0.0572. The number of hydrogen-bond acceptors (Lipinski definition) is 4. The van der Waals surface area contributed by atoms with Crippen molar-refractivity contribution < 1.29 is 9.31 Å². The summed E-state index contributed by atoms with van der Waals surface area (Å²) < 4.78 is 13.4. The van der Waals surface area contributed by atoms with Crippen LogP contribution < -0.4 is 11.1 Å². The fourth-order valence-corrected chi connectivity index (χ4v) is 1.48. The summed E-state index contributed by atoms with van der Waals surface area (Å²) in [5, 5.41) is 13.6. The molecule has 0 heterocycles. The number of nitrogens with zero attached hydrogens (tertiary/aromatic N) is 1. The summed E-state index contributed by atoms with van der Waals surface area (Å²) in [4.78, 5) is 10.2. The molecule has 0 unspecified atom stereocenters. The van der Waals surface area contributed by atoms with E-state index in [1.54, 1.807) is 13.8 Å². The molecule has 0 radical (unpaired) electrons. The lowest BCUT2D eigenvalue weighted by Crippen LogP contribution is -2.39. The van der Waals surface area contributed by atoms with Gasteiger partial charge in [0.2, 0.25) is 0 Å². The molecule has 5 nitrogen and oxygen atoms in total. The van der Waals surface area contributed by atoms with Gasteiger partial charge in [0.1, 0.15) is 11.5 Å². The van der Waals surface area contributed by atoms with Gasteiger partial charge in [-0.3, -0.25) is 10.1 Å². The lowest BCUT2D eigenvalue weighted by atomic mass is 10.1. The van der Waals surface area contributed by atoms with E-state index in [9.17, 15) is 14.5 Å². The summed E-state index contributed by atoms with van der Waals surface area (Å²) in [5.74, 6) is -0.562. The van der Waals surface area contributed by atoms with Crippen LogP contribution in [0, 0.1) is 15.9 Å². The monoisotopic (exact) mass is 305 g/mol. The molecule has 0 aromatic heterocycles. The first kappa shape index (κ1) is 13.9. The Kier molecular flexibility index (Phi) is 4.05. The highest BCUT2D eigenvalue weighted by atomic mass is 79.9. The van der Waals surface area contributed by atoms with Gasteiger partial charge in [0.25, 0.3) is 5.69 Å². The molecular formula is C10H13BrFN3O2. The fourth-order valence-electron chi connectivity index (χ4n) is 1.15. The largest absolute Gasteiger partial charge is 0.378 e. The molecule has 1 aromatic rings. The third-order valence-corrected chi connectivity index (χ3v) is 2.58. The molecule has 94 valence electrons. The van der Waals surface area contributed by atoms with E-state index in [0.29, 0.717) is 6.54 Å². The Bertz CT molecular complexity index is 446. The Morgan fingerprint density at radius 2 is 2.18 bits per heavy atom. The minimum atomic E-state index is -0.573. The molecule has 0 amide bonds. The minimum Gasteiger partial charge on any atom is -0.378 e. The van der Waals surface area contributed by atoms with Crippen molar-refractivity contribution in [3.8, 4) is 0 Å². The van der Waals surface area contributed by atoms with E-state index >= 15 is 0 Å². The van der Waals surface area contributed by atoms with Gasteiger partial charge in [-0.2, -0.15) is 0 Å². The van der Waals surface area contributed by atoms with Crippen LogP contribution in [-0.2, 0) is 0 Å². The second-order valence-electron chi connectivity index (χ2n) is 4.38. The summed E-state index contributed by atoms with van der Waals surface area (Å²) in [6, 6.07) is 2.20. The molecule has 0 saturated heterocycles. The SMILES string of the molecule is CC(C)(N)CNc1cc(F)c(Br)cc1[N+](=O)[O-]. The maximum absolute atomic E-state index is 13.3. The molecule has 0 fully saturated rings. The van der Waals surface area contributed by atoms with Gasteiger partial charge in [-0.15, -0.1) is 0 Å². The van der Waals surface area contributed by atoms with Crippen LogP contribution >= 0.6 is 15.9 Å². The molecule has 0 atom stereocenters. The number of anilines is 1. The zero-order valence-corrected chi connectivity index (χ0v) is 11.0. The molecule has 1 rings (SSSR count). The molecule has 17 heavy (non-hydrogen) atoms. The van der Waals surface area contributed by atoms with Gasteiger partial charge in [-0.1, -0.05) is 0 Å². The molecule has 0 spiro atoms.